The van der Waals surface area contributed by atoms with Gasteiger partial charge in [-0.3, -0.25) is 24.5 Å². The summed E-state index contributed by atoms with van der Waals surface area (Å²) < 4.78 is 22.0. The zero-order valence-corrected chi connectivity index (χ0v) is 64.1. The molecule has 28 heteroatoms. The second kappa shape index (κ2) is 28.7. The molecule has 0 radical (unpaired) electrons. The number of hydrogen-bond donors (Lipinski definition) is 2. The Balaban J connectivity index is 0.000000110. The number of benzene rings is 4. The van der Waals surface area contributed by atoms with Crippen molar-refractivity contribution in [3.63, 3.8) is 0 Å². The van der Waals surface area contributed by atoms with E-state index in [1.165, 1.54) is 41.4 Å². The molecule has 11 aromatic rings. The molecule has 2 amide bonds. The average molecular weight is 1520 g/mol. The molecule has 1 saturated heterocycles. The summed E-state index contributed by atoms with van der Waals surface area (Å²) in [5, 5.41) is 9.32. The molecule has 4 aromatic carbocycles. The molecule has 0 bridgehead atoms. The fourth-order valence-electron chi connectivity index (χ4n) is 16.0. The number of carboxylic acids is 1. The summed E-state index contributed by atoms with van der Waals surface area (Å²) in [6.45, 7) is 11.2. The number of carboxylic acid groups (broad SMARTS) is 1. The van der Waals surface area contributed by atoms with Gasteiger partial charge in [0.2, 0.25) is 29.7 Å². The predicted octanol–water partition coefficient (Wildman–Crippen LogP) is 12.0. The molecular weight excluding hydrogens is 1440 g/mol. The SMILES string of the molecule is CN(CC(N)=O)C(=O)c1ccc2c(c1)N(c1ncc(-c3ccccn3)cn1)CC21CC1.COC(=O)c1ccc2c(c1)N(c1ncc(-c3ccccn3)cn1)CC21CC1.COC(=O)c1ccc2c(c1)N(c1ncc(B3OC(C)(C)C(C)(C)O3)cn1)CC21CC1.O=C(O)c1ccc2c(c1)N(c1ncc(-c3ccccn3)cn1)CC21CC1. The Bertz CT molecular complexity index is 5550. The molecular formula is C86H82BN17O10. The first-order valence-corrected chi connectivity index (χ1v) is 38.0. The Morgan fingerprint density at radius 2 is 0.728 bits per heavy atom. The third-order valence-electron chi connectivity index (χ3n) is 23.7. The number of carbonyl (C=O) groups excluding carboxylic acids is 4. The third-order valence-corrected chi connectivity index (χ3v) is 23.7. The lowest BCUT2D eigenvalue weighted by Crippen LogP contribution is -2.41. The number of anilines is 8. The highest BCUT2D eigenvalue weighted by atomic mass is 16.7. The van der Waals surface area contributed by atoms with E-state index in [1.807, 2.05) is 142 Å². The number of carbonyl (C=O) groups is 5. The van der Waals surface area contributed by atoms with Gasteiger partial charge in [0.1, 0.15) is 0 Å². The smallest absolute Gasteiger partial charge is 0.478 e. The first kappa shape index (κ1) is 74.0. The Labute approximate surface area is 658 Å². The summed E-state index contributed by atoms with van der Waals surface area (Å²) >= 11 is 0. The maximum Gasteiger partial charge on any atom is 0.498 e. The Hall–Kier alpha value is -12.8. The Kier molecular flexibility index (Phi) is 18.6. The number of aromatic carboxylic acids is 1. The van der Waals surface area contributed by atoms with Crippen molar-refractivity contribution in [1.82, 2.24) is 59.7 Å². The van der Waals surface area contributed by atoms with Crippen molar-refractivity contribution < 1.29 is 47.9 Å². The van der Waals surface area contributed by atoms with Crippen LogP contribution in [0.5, 0.6) is 0 Å². The Morgan fingerprint density at radius 3 is 1.02 bits per heavy atom. The summed E-state index contributed by atoms with van der Waals surface area (Å²) in [6, 6.07) is 39.9. The quantitative estimate of drug-likeness (QED) is 0.0754. The van der Waals surface area contributed by atoms with Crippen molar-refractivity contribution >= 4 is 88.8 Å². The van der Waals surface area contributed by atoms with Gasteiger partial charge in [-0.1, -0.05) is 42.5 Å². The van der Waals surface area contributed by atoms with Crippen LogP contribution in [0.25, 0.3) is 33.8 Å². The molecule has 27 nitrogen and oxygen atoms in total. The van der Waals surface area contributed by atoms with Gasteiger partial charge in [0.25, 0.3) is 5.91 Å². The highest BCUT2D eigenvalue weighted by Crippen LogP contribution is 2.61. The number of primary amides is 1. The molecule has 7 aromatic heterocycles. The predicted molar refractivity (Wildman–Crippen MR) is 427 cm³/mol. The zero-order valence-electron chi connectivity index (χ0n) is 64.1. The molecule has 574 valence electrons. The summed E-state index contributed by atoms with van der Waals surface area (Å²) in [5.74, 6) is 0.0612. The minimum Gasteiger partial charge on any atom is -0.478 e. The van der Waals surface area contributed by atoms with Gasteiger partial charge in [0, 0.05) is 174 Å². The molecule has 20 rings (SSSR count). The monoisotopic (exact) mass is 1520 g/mol. The van der Waals surface area contributed by atoms with E-state index in [0.29, 0.717) is 40.5 Å². The molecule has 0 unspecified atom stereocenters. The summed E-state index contributed by atoms with van der Waals surface area (Å²) in [7, 11) is 3.87. The van der Waals surface area contributed by atoms with Crippen molar-refractivity contribution in [3.8, 4) is 33.8 Å². The molecule has 0 atom stereocenters. The largest absolute Gasteiger partial charge is 0.498 e. The second-order valence-corrected chi connectivity index (χ2v) is 31.7. The molecule has 5 fully saturated rings. The van der Waals surface area contributed by atoms with Crippen LogP contribution in [0.1, 0.15) is 143 Å². The van der Waals surface area contributed by atoms with Crippen LogP contribution in [0, 0.1) is 0 Å². The van der Waals surface area contributed by atoms with E-state index in [2.05, 4.69) is 75.6 Å². The summed E-state index contributed by atoms with van der Waals surface area (Å²) in [5.41, 5.74) is 21.5. The minimum atomic E-state index is -0.920. The van der Waals surface area contributed by atoms with Crippen LogP contribution in [0.15, 0.2) is 196 Å². The molecule has 4 spiro atoms. The fraction of sp³-hybridized carbons (Fsp3) is 0.302. The van der Waals surface area contributed by atoms with Gasteiger partial charge < -0.3 is 54.1 Å². The second-order valence-electron chi connectivity index (χ2n) is 31.7. The van der Waals surface area contributed by atoms with E-state index in [9.17, 15) is 29.1 Å². The van der Waals surface area contributed by atoms with Gasteiger partial charge >= 0.3 is 25.0 Å². The van der Waals surface area contributed by atoms with Crippen LogP contribution in [0.3, 0.4) is 0 Å². The van der Waals surface area contributed by atoms with Gasteiger partial charge in [0.05, 0.1) is 65.7 Å². The van der Waals surface area contributed by atoms with Crippen LogP contribution < -0.4 is 30.8 Å². The van der Waals surface area contributed by atoms with Gasteiger partial charge in [-0.25, -0.2) is 54.3 Å². The maximum absolute atomic E-state index is 12.8. The molecule has 4 saturated carbocycles. The van der Waals surface area contributed by atoms with E-state index in [4.69, 9.17) is 24.5 Å². The number of amides is 2. The van der Waals surface area contributed by atoms with Crippen molar-refractivity contribution in [2.45, 2.75) is 112 Å². The number of nitrogens with zero attached hydrogens (tertiary/aromatic N) is 16. The van der Waals surface area contributed by atoms with Crippen LogP contribution >= 0.6 is 0 Å². The zero-order chi connectivity index (χ0) is 79.1. The number of hydrogen-bond acceptors (Lipinski definition) is 24. The number of methoxy groups -OCH3 is 2. The van der Waals surface area contributed by atoms with Gasteiger partial charge in [-0.15, -0.1) is 0 Å². The lowest BCUT2D eigenvalue weighted by molar-refractivity contribution is -0.118. The van der Waals surface area contributed by atoms with E-state index >= 15 is 0 Å². The van der Waals surface area contributed by atoms with Crippen LogP contribution in [-0.4, -0.2) is 167 Å². The number of rotatable bonds is 14. The number of ether oxygens (including phenoxy) is 2. The van der Waals surface area contributed by atoms with Gasteiger partial charge in [-0.05, 0) is 186 Å². The maximum atomic E-state index is 12.8. The number of aromatic nitrogens is 11. The van der Waals surface area contributed by atoms with Gasteiger partial charge in [0.15, 0.2) is 0 Å². The molecule has 4 aliphatic carbocycles. The Morgan fingerprint density at radius 1 is 0.430 bits per heavy atom. The lowest BCUT2D eigenvalue weighted by atomic mass is 9.81. The van der Waals surface area contributed by atoms with Crippen molar-refractivity contribution in [1.29, 1.82) is 0 Å². The normalized spacial score (nSPS) is 17.7. The number of likely N-dealkylation sites (N-methyl/N-ethyl adjacent to an activating group) is 1. The highest BCUT2D eigenvalue weighted by molar-refractivity contribution is 6.62. The minimum absolute atomic E-state index is 0.110. The summed E-state index contributed by atoms with van der Waals surface area (Å²) in [6.07, 6.45) is 28.5. The van der Waals surface area contributed by atoms with E-state index in [0.717, 1.165) is 140 Å². The highest BCUT2D eigenvalue weighted by Gasteiger charge is 2.57. The molecule has 114 heavy (non-hydrogen) atoms. The van der Waals surface area contributed by atoms with Crippen molar-refractivity contribution in [3.05, 3.63) is 240 Å². The number of nitrogens with two attached hydrogens (primary N) is 1. The lowest BCUT2D eigenvalue weighted by Gasteiger charge is -2.32. The van der Waals surface area contributed by atoms with Crippen molar-refractivity contribution in [2.24, 2.45) is 5.73 Å². The number of esters is 2. The van der Waals surface area contributed by atoms with Crippen LogP contribution in [0.2, 0.25) is 0 Å². The third kappa shape index (κ3) is 13.9. The number of fused-ring (bicyclic) bond motifs is 8. The molecule has 12 heterocycles. The van der Waals surface area contributed by atoms with Crippen LogP contribution in [0.4, 0.5) is 46.5 Å². The van der Waals surface area contributed by atoms with Crippen molar-refractivity contribution in [2.75, 3.05) is 73.6 Å². The summed E-state index contributed by atoms with van der Waals surface area (Å²) in [4.78, 5) is 119. The van der Waals surface area contributed by atoms with Crippen LogP contribution in [-0.2, 0) is 45.2 Å². The van der Waals surface area contributed by atoms with E-state index in [1.54, 1.807) is 87.3 Å². The fourth-order valence-corrected chi connectivity index (χ4v) is 16.0. The number of pyridine rings is 3. The standard InChI is InChI=1S/C23H22N6O2.C22H26BN3O4.C21H18N4O2.C20H16N4O2/c1-28(13-20(24)30)21(31)15-5-6-17-19(10-15)29(14-23(17)7-8-23)22-26-11-16(12-27-22)18-4-2-3-9-25-18;1-20(2)21(3,4)30-23(29-20)15-11-24-19(25-12-15)26-13-22(8-9-22)16-7-6-14(10-17(16)26)18(27)28-5;1-27-19(26)14-5-6-16-18(10-14)25(13-21(16)7-8-21)20-23-11-15(12-24-20)17-4-2-3-9-22-17;25-18(26)13-4-5-15-17(9-13)24(12-20(15)6-7-20)19-22-10-14(11-23-19)16-3-1-2-8-21-16/h2-6,9-12H,7-8,13-14H2,1H3,(H2,24,30);6-7,10-12H,8-9,13H2,1-5H3;2-6,9-12H,7-8,13H2,1H3;1-5,8-11H,6-7,12H2,(H,25,26). The van der Waals surface area contributed by atoms with E-state index < -0.39 is 30.2 Å². The first-order valence-electron chi connectivity index (χ1n) is 38.0. The topological polar surface area (TPSA) is 327 Å². The molecule has 9 aliphatic rings. The van der Waals surface area contributed by atoms with Gasteiger partial charge in [-0.2, -0.15) is 0 Å². The molecule has 3 N–H and O–H groups in total. The first-order chi connectivity index (χ1) is 55.0. The molecule has 5 aliphatic heterocycles. The average Bonchev–Trinajstić information content (AvgIpc) is 1.57. The van der Waals surface area contributed by atoms with E-state index in [-0.39, 0.29) is 51.6 Å².